The summed E-state index contributed by atoms with van der Waals surface area (Å²) in [5.41, 5.74) is 5.07. The second-order valence-corrected chi connectivity index (χ2v) is 14.8. The highest BCUT2D eigenvalue weighted by Gasteiger charge is 2.34. The first-order chi connectivity index (χ1) is 27.1. The van der Waals surface area contributed by atoms with Crippen molar-refractivity contribution in [2.75, 3.05) is 59.0 Å². The first kappa shape index (κ1) is 45.3. The zero-order chi connectivity index (χ0) is 37.9. The number of likely N-dealkylation sites (tertiary alicyclic amines) is 1. The molecule has 2 N–H and O–H groups in total. The van der Waals surface area contributed by atoms with Crippen LogP contribution in [0.1, 0.15) is 55.4 Å². The monoisotopic (exact) mass is 796 g/mol. The van der Waals surface area contributed by atoms with Crippen molar-refractivity contribution in [3.8, 4) is 0 Å². The van der Waals surface area contributed by atoms with E-state index in [2.05, 4.69) is 98.1 Å². The maximum atomic E-state index is 12.3. The average molecular weight is 797 g/mol. The van der Waals surface area contributed by atoms with Gasteiger partial charge in [0.25, 0.3) is 0 Å². The van der Waals surface area contributed by atoms with E-state index in [1.165, 1.54) is 61.0 Å². The number of carbonyl (C=O) groups excluding carboxylic acids is 2. The Morgan fingerprint density at radius 1 is 0.579 bits per heavy atom. The van der Waals surface area contributed by atoms with Gasteiger partial charge in [-0.1, -0.05) is 129 Å². The zero-order valence-corrected chi connectivity index (χ0v) is 33.6. The van der Waals surface area contributed by atoms with Gasteiger partial charge in [-0.25, -0.2) is 9.59 Å². The maximum absolute atomic E-state index is 12.3. The lowest BCUT2D eigenvalue weighted by Gasteiger charge is -2.25. The van der Waals surface area contributed by atoms with E-state index < -0.39 is 0 Å². The first-order valence-electron chi connectivity index (χ1n) is 20.0. The summed E-state index contributed by atoms with van der Waals surface area (Å²) >= 11 is 0. The molecule has 4 aromatic rings. The largest absolute Gasteiger partial charge is 0.443 e. The third-order valence-electron chi connectivity index (χ3n) is 10.1. The zero-order valence-electron chi connectivity index (χ0n) is 32.6. The lowest BCUT2D eigenvalue weighted by Crippen LogP contribution is -2.38. The highest BCUT2D eigenvalue weighted by atomic mass is 32.1. The fourth-order valence-corrected chi connectivity index (χ4v) is 7.42. The van der Waals surface area contributed by atoms with E-state index in [1.807, 2.05) is 53.4 Å². The molecule has 2 amide bonds. The summed E-state index contributed by atoms with van der Waals surface area (Å²) in [6, 6.07) is 41.7. The first-order valence-corrected chi connectivity index (χ1v) is 20.0. The van der Waals surface area contributed by atoms with Crippen LogP contribution in [0.4, 0.5) is 9.59 Å². The Kier molecular flexibility index (Phi) is 19.9. The van der Waals surface area contributed by atoms with Crippen LogP contribution >= 0.6 is 13.5 Å². The van der Waals surface area contributed by atoms with Gasteiger partial charge in [0, 0.05) is 39.3 Å². The lowest BCUT2D eigenvalue weighted by atomic mass is 10.1. The molecule has 0 bridgehead atoms. The van der Waals surface area contributed by atoms with E-state index in [-0.39, 0.29) is 45.3 Å². The summed E-state index contributed by atoms with van der Waals surface area (Å²) in [6.07, 6.45) is 4.59. The van der Waals surface area contributed by atoms with Crippen LogP contribution in [0.5, 0.6) is 0 Å². The van der Waals surface area contributed by atoms with Crippen molar-refractivity contribution in [2.45, 2.75) is 71.5 Å². The van der Waals surface area contributed by atoms with Crippen LogP contribution in [-0.4, -0.2) is 103 Å². The fourth-order valence-electron chi connectivity index (χ4n) is 7.42. The van der Waals surface area contributed by atoms with Crippen LogP contribution in [0.15, 0.2) is 121 Å². The van der Waals surface area contributed by atoms with Crippen LogP contribution in [0.2, 0.25) is 0 Å². The number of alkyl carbamates (subject to hydrolysis) is 1. The second kappa shape index (κ2) is 25.1. The van der Waals surface area contributed by atoms with E-state index in [9.17, 15) is 9.59 Å². The third kappa shape index (κ3) is 16.2. The highest BCUT2D eigenvalue weighted by molar-refractivity contribution is 7.59. The molecule has 4 aliphatic heterocycles. The van der Waals surface area contributed by atoms with E-state index in [0.29, 0.717) is 19.8 Å². The van der Waals surface area contributed by atoms with Crippen molar-refractivity contribution in [1.82, 2.24) is 30.2 Å². The SMILES string of the molecule is C.C1CCNC1.O=C1NC[C@@H](CN(Cc2ccccc2)Cc2ccccc2)O1.O=C1O[C@H](CN(Cc2ccccc2)Cc2ccccc2)CN1CN1CCCC1.S. The minimum Gasteiger partial charge on any atom is -0.443 e. The smallest absolute Gasteiger partial charge is 0.411 e. The summed E-state index contributed by atoms with van der Waals surface area (Å²) in [5, 5.41) is 5.94. The van der Waals surface area contributed by atoms with Gasteiger partial charge in [-0.3, -0.25) is 19.6 Å². The number of benzene rings is 4. The van der Waals surface area contributed by atoms with Gasteiger partial charge in [0.1, 0.15) is 12.2 Å². The molecule has 0 radical (unpaired) electrons. The molecule has 0 aliphatic carbocycles. The number of nitrogens with one attached hydrogen (secondary N) is 2. The fraction of sp³-hybridized carbons (Fsp3) is 0.435. The summed E-state index contributed by atoms with van der Waals surface area (Å²) in [6.45, 7) is 11.5. The molecular weight excluding hydrogens is 733 g/mol. The molecule has 57 heavy (non-hydrogen) atoms. The summed E-state index contributed by atoms with van der Waals surface area (Å²) in [5.74, 6) is 0. The molecule has 0 aromatic heterocycles. The maximum Gasteiger partial charge on any atom is 0.411 e. The van der Waals surface area contributed by atoms with Crippen molar-refractivity contribution >= 4 is 25.7 Å². The standard InChI is InChI=1S/C23H29N3O2.C18H20N2O2.C4H9N.CH4.H2S/c27-23-26(19-24-13-7-8-14-24)18-22(28-23)17-25(15-20-9-3-1-4-10-20)16-21-11-5-2-6-12-21;21-18-19-11-17(22-18)14-20(12-15-7-3-1-4-8-15)13-16-9-5-2-6-10-16;1-2-4-5-3-1;;/h1-6,9-12,22H,7-8,13-19H2;1-10,17H,11-14H2,(H,19,21);5H,1-4H2;1H4;1H2/t22-;17-;;;/m10.../s1. The number of hydrogen-bond donors (Lipinski definition) is 2. The molecule has 4 heterocycles. The van der Waals surface area contributed by atoms with Gasteiger partial charge in [-0.15, -0.1) is 0 Å². The predicted octanol–water partition coefficient (Wildman–Crippen LogP) is 7.48. The molecule has 0 saturated carbocycles. The number of hydrogen-bond acceptors (Lipinski definition) is 8. The summed E-state index contributed by atoms with van der Waals surface area (Å²) in [4.78, 5) is 32.4. The Labute approximate surface area is 348 Å². The Morgan fingerprint density at radius 3 is 1.37 bits per heavy atom. The topological polar surface area (TPSA) is 89.6 Å². The van der Waals surface area contributed by atoms with Gasteiger partial charge < -0.3 is 20.1 Å². The molecule has 4 aromatic carbocycles. The Balaban J connectivity index is 0.000000222. The van der Waals surface area contributed by atoms with E-state index in [0.717, 1.165) is 52.4 Å². The average Bonchev–Trinajstić information content (AvgIpc) is 4.06. The van der Waals surface area contributed by atoms with E-state index in [4.69, 9.17) is 9.47 Å². The van der Waals surface area contributed by atoms with Gasteiger partial charge in [0.05, 0.1) is 19.8 Å². The highest BCUT2D eigenvalue weighted by Crippen LogP contribution is 2.19. The minimum atomic E-state index is -0.315. The van der Waals surface area contributed by atoms with Crippen LogP contribution in [0, 0.1) is 0 Å². The van der Waals surface area contributed by atoms with Gasteiger partial charge in [-0.2, -0.15) is 13.5 Å². The molecule has 11 heteroatoms. The molecule has 4 aliphatic rings. The number of rotatable bonds is 14. The van der Waals surface area contributed by atoms with Gasteiger partial charge in [-0.05, 0) is 74.1 Å². The summed E-state index contributed by atoms with van der Waals surface area (Å²) < 4.78 is 11.0. The number of cyclic esters (lactones) is 2. The molecule has 0 spiro atoms. The van der Waals surface area contributed by atoms with Crippen LogP contribution < -0.4 is 10.6 Å². The van der Waals surface area contributed by atoms with Crippen molar-refractivity contribution in [2.24, 2.45) is 0 Å². The molecule has 10 nitrogen and oxygen atoms in total. The molecule has 4 saturated heterocycles. The molecule has 0 unspecified atom stereocenters. The quantitative estimate of drug-likeness (QED) is 0.136. The van der Waals surface area contributed by atoms with Crippen molar-refractivity contribution in [3.05, 3.63) is 144 Å². The third-order valence-corrected chi connectivity index (χ3v) is 10.1. The van der Waals surface area contributed by atoms with Crippen LogP contribution in [0.3, 0.4) is 0 Å². The second-order valence-electron chi connectivity index (χ2n) is 14.8. The number of amides is 2. The van der Waals surface area contributed by atoms with Gasteiger partial charge >= 0.3 is 12.2 Å². The Bertz CT molecular complexity index is 1590. The Morgan fingerprint density at radius 2 is 1.00 bits per heavy atom. The minimum absolute atomic E-state index is 0. The molecule has 308 valence electrons. The van der Waals surface area contributed by atoms with Crippen LogP contribution in [-0.2, 0) is 35.7 Å². The van der Waals surface area contributed by atoms with Crippen LogP contribution in [0.25, 0.3) is 0 Å². The summed E-state index contributed by atoms with van der Waals surface area (Å²) in [7, 11) is 0. The number of carbonyl (C=O) groups is 2. The van der Waals surface area contributed by atoms with Crippen molar-refractivity contribution in [1.29, 1.82) is 0 Å². The molecule has 4 fully saturated rings. The lowest BCUT2D eigenvalue weighted by molar-refractivity contribution is 0.0992. The van der Waals surface area contributed by atoms with E-state index >= 15 is 0 Å². The van der Waals surface area contributed by atoms with Crippen molar-refractivity contribution in [3.63, 3.8) is 0 Å². The molecule has 8 rings (SSSR count). The van der Waals surface area contributed by atoms with E-state index in [1.54, 1.807) is 0 Å². The normalized spacial score (nSPS) is 18.7. The Hall–Kier alpha value is -4.39. The van der Waals surface area contributed by atoms with Gasteiger partial charge in [0.15, 0.2) is 0 Å². The predicted molar refractivity (Wildman–Crippen MR) is 234 cm³/mol. The number of ether oxygens (including phenoxy) is 2. The van der Waals surface area contributed by atoms with Gasteiger partial charge in [0.2, 0.25) is 0 Å². The van der Waals surface area contributed by atoms with Crippen molar-refractivity contribution < 1.29 is 19.1 Å². The molecule has 2 atom stereocenters. The number of nitrogens with zero attached hydrogens (tertiary/aromatic N) is 4. The molecular formula is C46H64N6O4S.